The smallest absolute Gasteiger partial charge is 0.410 e. The van der Waals surface area contributed by atoms with E-state index in [2.05, 4.69) is 10.1 Å². The SMILES string of the molecule is CC(C)(C)OC(=O)N1CCC(Oc2cc(=O)n(-c3ccc(C#N)nc3)nc2C(N)=O)CC1. The molecule has 2 amide bonds. The minimum Gasteiger partial charge on any atom is -0.488 e. The predicted molar refractivity (Wildman–Crippen MR) is 112 cm³/mol. The third kappa shape index (κ3) is 5.40. The molecule has 1 saturated heterocycles. The molecular weight excluding hydrogens is 416 g/mol. The zero-order valence-electron chi connectivity index (χ0n) is 18.1. The highest BCUT2D eigenvalue weighted by atomic mass is 16.6. The number of carbonyl (C=O) groups is 2. The molecular formula is C21H24N6O5. The summed E-state index contributed by atoms with van der Waals surface area (Å²) in [5.41, 5.74) is 4.56. The van der Waals surface area contributed by atoms with Gasteiger partial charge in [-0.1, -0.05) is 0 Å². The number of nitrogens with zero attached hydrogens (tertiary/aromatic N) is 5. The first-order valence-corrected chi connectivity index (χ1v) is 10.0. The number of carbonyl (C=O) groups excluding carboxylic acids is 2. The molecule has 0 atom stereocenters. The molecule has 0 spiro atoms. The maximum Gasteiger partial charge on any atom is 0.410 e. The number of rotatable bonds is 4. The van der Waals surface area contributed by atoms with Gasteiger partial charge in [-0.15, -0.1) is 0 Å². The van der Waals surface area contributed by atoms with E-state index in [1.165, 1.54) is 18.3 Å². The van der Waals surface area contributed by atoms with Crippen molar-refractivity contribution in [3.05, 3.63) is 46.1 Å². The van der Waals surface area contributed by atoms with Crippen LogP contribution in [-0.2, 0) is 4.74 Å². The lowest BCUT2D eigenvalue weighted by atomic mass is 10.1. The molecule has 1 fully saturated rings. The molecule has 0 radical (unpaired) electrons. The first-order valence-electron chi connectivity index (χ1n) is 10.0. The van der Waals surface area contributed by atoms with Crippen LogP contribution >= 0.6 is 0 Å². The number of nitrogens with two attached hydrogens (primary N) is 1. The number of likely N-dealkylation sites (tertiary alicyclic amines) is 1. The van der Waals surface area contributed by atoms with Crippen LogP contribution < -0.4 is 16.0 Å². The molecule has 11 nitrogen and oxygen atoms in total. The van der Waals surface area contributed by atoms with Crippen LogP contribution in [0.4, 0.5) is 4.79 Å². The van der Waals surface area contributed by atoms with Gasteiger partial charge in [0.2, 0.25) is 0 Å². The van der Waals surface area contributed by atoms with Crippen molar-refractivity contribution in [2.24, 2.45) is 5.73 Å². The van der Waals surface area contributed by atoms with Gasteiger partial charge in [-0.05, 0) is 32.9 Å². The Morgan fingerprint density at radius 1 is 1.25 bits per heavy atom. The van der Waals surface area contributed by atoms with Gasteiger partial charge in [-0.2, -0.15) is 15.0 Å². The van der Waals surface area contributed by atoms with E-state index in [1.807, 2.05) is 6.07 Å². The fraction of sp³-hybridized carbons (Fsp3) is 0.429. The van der Waals surface area contributed by atoms with Crippen LogP contribution in [0.25, 0.3) is 5.69 Å². The van der Waals surface area contributed by atoms with Gasteiger partial charge in [0.05, 0.1) is 18.0 Å². The first-order chi connectivity index (χ1) is 15.1. The molecule has 1 aliphatic rings. The van der Waals surface area contributed by atoms with Crippen LogP contribution in [0.1, 0.15) is 49.8 Å². The summed E-state index contributed by atoms with van der Waals surface area (Å²) < 4.78 is 12.2. The normalized spacial score (nSPS) is 14.5. The van der Waals surface area contributed by atoms with Gasteiger partial charge in [0.15, 0.2) is 11.4 Å². The Morgan fingerprint density at radius 2 is 1.94 bits per heavy atom. The Kier molecular flexibility index (Phi) is 6.43. The van der Waals surface area contributed by atoms with Crippen molar-refractivity contribution in [1.82, 2.24) is 19.7 Å². The van der Waals surface area contributed by atoms with E-state index in [1.54, 1.807) is 25.7 Å². The number of hydrogen-bond acceptors (Lipinski definition) is 8. The topological polar surface area (TPSA) is 153 Å². The summed E-state index contributed by atoms with van der Waals surface area (Å²) in [6.45, 7) is 6.22. The second-order valence-electron chi connectivity index (χ2n) is 8.27. The van der Waals surface area contributed by atoms with Crippen molar-refractivity contribution < 1.29 is 19.1 Å². The lowest BCUT2D eigenvalue weighted by Gasteiger charge is -2.33. The van der Waals surface area contributed by atoms with Crippen LogP contribution in [0.15, 0.2) is 29.2 Å². The molecule has 3 rings (SSSR count). The lowest BCUT2D eigenvalue weighted by molar-refractivity contribution is 0.0125. The van der Waals surface area contributed by atoms with E-state index in [-0.39, 0.29) is 28.9 Å². The predicted octanol–water partition coefficient (Wildman–Crippen LogP) is 1.38. The molecule has 0 aliphatic carbocycles. The minimum absolute atomic E-state index is 0.0175. The third-order valence-electron chi connectivity index (χ3n) is 4.62. The van der Waals surface area contributed by atoms with Gasteiger partial charge >= 0.3 is 6.09 Å². The number of pyridine rings is 1. The second-order valence-corrected chi connectivity index (χ2v) is 8.27. The average Bonchev–Trinajstić information content (AvgIpc) is 2.73. The fourth-order valence-corrected chi connectivity index (χ4v) is 3.13. The van der Waals surface area contributed by atoms with Crippen molar-refractivity contribution in [2.75, 3.05) is 13.1 Å². The van der Waals surface area contributed by atoms with Crippen LogP contribution in [0.5, 0.6) is 5.75 Å². The van der Waals surface area contributed by atoms with Gasteiger partial charge < -0.3 is 20.1 Å². The van der Waals surface area contributed by atoms with Gasteiger partial charge in [-0.3, -0.25) is 9.59 Å². The summed E-state index contributed by atoms with van der Waals surface area (Å²) in [5, 5.41) is 12.9. The van der Waals surface area contributed by atoms with Crippen LogP contribution in [-0.4, -0.2) is 56.5 Å². The molecule has 11 heteroatoms. The molecule has 0 unspecified atom stereocenters. The highest BCUT2D eigenvalue weighted by molar-refractivity contribution is 5.93. The molecule has 3 heterocycles. The maximum atomic E-state index is 12.6. The number of amides is 2. The Balaban J connectivity index is 1.75. The number of nitriles is 1. The van der Waals surface area contributed by atoms with E-state index in [0.717, 1.165) is 10.7 Å². The van der Waals surface area contributed by atoms with Crippen molar-refractivity contribution in [3.8, 4) is 17.5 Å². The summed E-state index contributed by atoms with van der Waals surface area (Å²) in [5.74, 6) is -0.877. The average molecular weight is 440 g/mol. The number of primary amides is 1. The van der Waals surface area contributed by atoms with Crippen LogP contribution in [0.3, 0.4) is 0 Å². The van der Waals surface area contributed by atoms with Gasteiger partial charge in [0.1, 0.15) is 23.5 Å². The Hall–Kier alpha value is -3.94. The fourth-order valence-electron chi connectivity index (χ4n) is 3.13. The Bertz CT molecular complexity index is 1110. The Labute approximate surface area is 184 Å². The number of aromatic nitrogens is 3. The number of hydrogen-bond donors (Lipinski definition) is 1. The van der Waals surface area contributed by atoms with Crippen molar-refractivity contribution in [2.45, 2.75) is 45.3 Å². The number of piperidine rings is 1. The molecule has 168 valence electrons. The summed E-state index contributed by atoms with van der Waals surface area (Å²) >= 11 is 0. The molecule has 2 aromatic heterocycles. The van der Waals surface area contributed by atoms with Crippen LogP contribution in [0.2, 0.25) is 0 Å². The molecule has 2 N–H and O–H groups in total. The second kappa shape index (κ2) is 9.05. The summed E-state index contributed by atoms with van der Waals surface area (Å²) in [7, 11) is 0. The van der Waals surface area contributed by atoms with Crippen molar-refractivity contribution in [3.63, 3.8) is 0 Å². The third-order valence-corrected chi connectivity index (χ3v) is 4.62. The van der Waals surface area contributed by atoms with Gasteiger partial charge in [-0.25, -0.2) is 9.78 Å². The molecule has 32 heavy (non-hydrogen) atoms. The van der Waals surface area contributed by atoms with Crippen LogP contribution in [0, 0.1) is 11.3 Å². The van der Waals surface area contributed by atoms with E-state index in [4.69, 9.17) is 20.5 Å². The largest absolute Gasteiger partial charge is 0.488 e. The molecule has 2 aromatic rings. The molecule has 0 saturated carbocycles. The van der Waals surface area contributed by atoms with E-state index < -0.39 is 23.2 Å². The zero-order chi connectivity index (χ0) is 23.5. The maximum absolute atomic E-state index is 12.6. The quantitative estimate of drug-likeness (QED) is 0.748. The molecule has 0 bridgehead atoms. The lowest BCUT2D eigenvalue weighted by Crippen LogP contribution is -2.44. The standard InChI is InChI=1S/C21H24N6O5/c1-21(2,3)32-20(30)26-8-6-15(7-9-26)31-16-10-17(28)27(25-18(16)19(23)29)14-5-4-13(11-22)24-12-14/h4-5,10,12,15H,6-9H2,1-3H3,(H2,23,29). The molecule has 1 aliphatic heterocycles. The summed E-state index contributed by atoms with van der Waals surface area (Å²) in [6, 6.07) is 5.94. The highest BCUT2D eigenvalue weighted by Crippen LogP contribution is 2.22. The van der Waals surface area contributed by atoms with Gasteiger partial charge in [0, 0.05) is 25.9 Å². The van der Waals surface area contributed by atoms with Crippen molar-refractivity contribution >= 4 is 12.0 Å². The summed E-state index contributed by atoms with van der Waals surface area (Å²) in [6.07, 6.45) is 1.54. The van der Waals surface area contributed by atoms with E-state index in [0.29, 0.717) is 25.9 Å². The van der Waals surface area contributed by atoms with Crippen molar-refractivity contribution in [1.29, 1.82) is 5.26 Å². The zero-order valence-corrected chi connectivity index (χ0v) is 18.1. The van der Waals surface area contributed by atoms with E-state index >= 15 is 0 Å². The molecule has 0 aromatic carbocycles. The van der Waals surface area contributed by atoms with E-state index in [9.17, 15) is 14.4 Å². The first kappa shape index (κ1) is 22.7. The summed E-state index contributed by atoms with van der Waals surface area (Å²) in [4.78, 5) is 42.3. The Morgan fingerprint density at radius 3 is 2.47 bits per heavy atom. The monoisotopic (exact) mass is 440 g/mol. The van der Waals surface area contributed by atoms with Gasteiger partial charge in [0.25, 0.3) is 11.5 Å². The minimum atomic E-state index is -0.860. The highest BCUT2D eigenvalue weighted by Gasteiger charge is 2.29. The number of ether oxygens (including phenoxy) is 2.